The number of amides is 1. The van der Waals surface area contributed by atoms with Crippen LogP contribution in [0, 0.1) is 6.92 Å². The summed E-state index contributed by atoms with van der Waals surface area (Å²) in [5.74, 6) is 3.94. The van der Waals surface area contributed by atoms with Crippen LogP contribution in [0.5, 0.6) is 11.5 Å². The van der Waals surface area contributed by atoms with Crippen molar-refractivity contribution in [3.63, 3.8) is 0 Å². The lowest BCUT2D eigenvalue weighted by molar-refractivity contribution is -0.119. The number of unbranched alkanes of at least 4 members (excludes halogenated alkanes) is 1. The highest BCUT2D eigenvalue weighted by Crippen LogP contribution is 2.26. The Morgan fingerprint density at radius 3 is 2.48 bits per heavy atom. The van der Waals surface area contributed by atoms with Gasteiger partial charge in [-0.15, -0.1) is 11.8 Å². The number of thioether (sulfide) groups is 1. The fourth-order valence-electron chi connectivity index (χ4n) is 3.21. The van der Waals surface area contributed by atoms with Crippen molar-refractivity contribution in [1.29, 1.82) is 0 Å². The van der Waals surface area contributed by atoms with Gasteiger partial charge in [-0.05, 0) is 62.2 Å². The number of rotatable bonds is 12. The Morgan fingerprint density at radius 2 is 1.82 bits per heavy atom. The maximum Gasteiger partial charge on any atom is 0.230 e. The molecule has 0 saturated carbocycles. The van der Waals surface area contributed by atoms with Gasteiger partial charge in [0.15, 0.2) is 0 Å². The van der Waals surface area contributed by atoms with Crippen LogP contribution in [0.2, 0.25) is 0 Å². The molecule has 1 heterocycles. The van der Waals surface area contributed by atoms with Gasteiger partial charge in [-0.1, -0.05) is 25.5 Å². The van der Waals surface area contributed by atoms with Gasteiger partial charge in [0, 0.05) is 11.3 Å². The van der Waals surface area contributed by atoms with Crippen LogP contribution in [0.15, 0.2) is 52.9 Å². The number of oxazole rings is 1. The molecule has 0 unspecified atom stereocenters. The zero-order valence-electron chi connectivity index (χ0n) is 19.7. The van der Waals surface area contributed by atoms with Crippen LogP contribution < -0.4 is 14.8 Å². The molecule has 3 rings (SSSR count). The SMILES string of the molecule is CCCCOc1ccc([C@H](C)NC(=O)CSCc2nc(-c3ccc(OC)cc3)oc2C)cc1. The highest BCUT2D eigenvalue weighted by molar-refractivity contribution is 7.99. The van der Waals surface area contributed by atoms with E-state index in [0.717, 1.165) is 53.5 Å². The van der Waals surface area contributed by atoms with Crippen LogP contribution in [0.1, 0.15) is 49.7 Å². The molecule has 33 heavy (non-hydrogen) atoms. The van der Waals surface area contributed by atoms with E-state index >= 15 is 0 Å². The maximum atomic E-state index is 12.4. The van der Waals surface area contributed by atoms with Crippen LogP contribution in [0.3, 0.4) is 0 Å². The summed E-state index contributed by atoms with van der Waals surface area (Å²) >= 11 is 1.52. The summed E-state index contributed by atoms with van der Waals surface area (Å²) in [7, 11) is 1.64. The average molecular weight is 469 g/mol. The summed E-state index contributed by atoms with van der Waals surface area (Å²) in [5, 5.41) is 3.05. The third kappa shape index (κ3) is 7.29. The van der Waals surface area contributed by atoms with E-state index < -0.39 is 0 Å². The van der Waals surface area contributed by atoms with Gasteiger partial charge in [0.1, 0.15) is 17.3 Å². The molecular weight excluding hydrogens is 436 g/mol. The number of hydrogen-bond acceptors (Lipinski definition) is 6. The fourth-order valence-corrected chi connectivity index (χ4v) is 4.04. The van der Waals surface area contributed by atoms with Crippen LogP contribution in [-0.2, 0) is 10.5 Å². The molecule has 0 aliphatic carbocycles. The first-order valence-electron chi connectivity index (χ1n) is 11.2. The minimum Gasteiger partial charge on any atom is -0.497 e. The molecule has 0 fully saturated rings. The van der Waals surface area contributed by atoms with Crippen LogP contribution in [0.4, 0.5) is 0 Å². The van der Waals surface area contributed by atoms with Crippen molar-refractivity contribution in [3.8, 4) is 23.0 Å². The quantitative estimate of drug-likeness (QED) is 0.331. The van der Waals surface area contributed by atoms with Crippen molar-refractivity contribution in [2.45, 2.75) is 45.4 Å². The lowest BCUT2D eigenvalue weighted by atomic mass is 10.1. The van der Waals surface area contributed by atoms with Gasteiger partial charge in [0.25, 0.3) is 0 Å². The monoisotopic (exact) mass is 468 g/mol. The number of methoxy groups -OCH3 is 1. The Hall–Kier alpha value is -2.93. The first-order valence-corrected chi connectivity index (χ1v) is 12.4. The van der Waals surface area contributed by atoms with Crippen molar-refractivity contribution in [3.05, 3.63) is 65.5 Å². The van der Waals surface area contributed by atoms with Crippen molar-refractivity contribution in [2.75, 3.05) is 19.5 Å². The number of nitrogens with one attached hydrogen (secondary N) is 1. The van der Waals surface area contributed by atoms with Gasteiger partial charge in [-0.25, -0.2) is 4.98 Å². The molecule has 176 valence electrons. The largest absolute Gasteiger partial charge is 0.497 e. The molecule has 7 heteroatoms. The molecule has 3 aromatic rings. The fraction of sp³-hybridized carbons (Fsp3) is 0.385. The number of nitrogens with zero attached hydrogens (tertiary/aromatic N) is 1. The van der Waals surface area contributed by atoms with E-state index in [4.69, 9.17) is 13.9 Å². The molecule has 0 spiro atoms. The number of hydrogen-bond donors (Lipinski definition) is 1. The molecule has 1 atom stereocenters. The topological polar surface area (TPSA) is 73.6 Å². The molecule has 0 aliphatic rings. The van der Waals surface area contributed by atoms with E-state index in [2.05, 4.69) is 17.2 Å². The Kier molecular flexibility index (Phi) is 9.24. The zero-order valence-corrected chi connectivity index (χ0v) is 20.5. The van der Waals surface area contributed by atoms with Crippen LogP contribution in [-0.4, -0.2) is 30.4 Å². The van der Waals surface area contributed by atoms with Crippen molar-refractivity contribution in [1.82, 2.24) is 10.3 Å². The van der Waals surface area contributed by atoms with Gasteiger partial charge in [-0.2, -0.15) is 0 Å². The molecule has 1 amide bonds. The first kappa shape index (κ1) is 24.7. The Bertz CT molecular complexity index is 1020. The smallest absolute Gasteiger partial charge is 0.230 e. The summed E-state index contributed by atoms with van der Waals surface area (Å²) in [4.78, 5) is 17.0. The summed E-state index contributed by atoms with van der Waals surface area (Å²) < 4.78 is 16.7. The van der Waals surface area contributed by atoms with Crippen LogP contribution in [0.25, 0.3) is 11.5 Å². The van der Waals surface area contributed by atoms with E-state index in [1.54, 1.807) is 7.11 Å². The number of benzene rings is 2. The van der Waals surface area contributed by atoms with Crippen molar-refractivity contribution >= 4 is 17.7 Å². The maximum absolute atomic E-state index is 12.4. The molecule has 6 nitrogen and oxygen atoms in total. The molecule has 0 saturated heterocycles. The van der Waals surface area contributed by atoms with Gasteiger partial charge in [-0.3, -0.25) is 4.79 Å². The normalized spacial score (nSPS) is 11.8. The highest BCUT2D eigenvalue weighted by Gasteiger charge is 2.14. The number of carbonyl (C=O) groups excluding carboxylic acids is 1. The van der Waals surface area contributed by atoms with Crippen molar-refractivity contribution < 1.29 is 18.7 Å². The molecule has 0 aliphatic heterocycles. The van der Waals surface area contributed by atoms with Gasteiger partial charge in [0.05, 0.1) is 31.2 Å². The molecule has 0 bridgehead atoms. The second-order valence-corrected chi connectivity index (χ2v) is 8.79. The third-order valence-electron chi connectivity index (χ3n) is 5.23. The second kappa shape index (κ2) is 12.3. The predicted octanol–water partition coefficient (Wildman–Crippen LogP) is 5.95. The minimum atomic E-state index is -0.0711. The molecular formula is C26H32N2O4S. The third-order valence-corrected chi connectivity index (χ3v) is 6.17. The van der Waals surface area contributed by atoms with E-state index in [1.807, 2.05) is 62.4 Å². The van der Waals surface area contributed by atoms with Crippen molar-refractivity contribution in [2.24, 2.45) is 0 Å². The standard InChI is InChI=1S/C26H32N2O4S/c1-5-6-15-31-23-13-7-20(8-14-23)18(2)27-25(29)17-33-16-24-19(3)32-26(28-24)21-9-11-22(30-4)12-10-21/h7-14,18H,5-6,15-17H2,1-4H3,(H,27,29)/t18-/m0/s1. The predicted molar refractivity (Wildman–Crippen MR) is 133 cm³/mol. The average Bonchev–Trinajstić information content (AvgIpc) is 3.20. The highest BCUT2D eigenvalue weighted by atomic mass is 32.2. The number of carbonyl (C=O) groups is 1. The van der Waals surface area contributed by atoms with E-state index in [9.17, 15) is 4.79 Å². The Morgan fingerprint density at radius 1 is 1.12 bits per heavy atom. The van der Waals surface area contributed by atoms with Gasteiger partial charge < -0.3 is 19.2 Å². The first-order chi connectivity index (χ1) is 16.0. The summed E-state index contributed by atoms with van der Waals surface area (Å²) in [6, 6.07) is 15.4. The van der Waals surface area contributed by atoms with Gasteiger partial charge >= 0.3 is 0 Å². The lowest BCUT2D eigenvalue weighted by Gasteiger charge is -2.15. The lowest BCUT2D eigenvalue weighted by Crippen LogP contribution is -2.28. The summed E-state index contributed by atoms with van der Waals surface area (Å²) in [6.45, 7) is 6.75. The zero-order chi connectivity index (χ0) is 23.6. The molecule has 0 radical (unpaired) electrons. The second-order valence-electron chi connectivity index (χ2n) is 7.80. The van der Waals surface area contributed by atoms with E-state index in [-0.39, 0.29) is 11.9 Å². The van der Waals surface area contributed by atoms with Gasteiger partial charge in [0.2, 0.25) is 11.8 Å². The Labute approximate surface area is 200 Å². The van der Waals surface area contributed by atoms with Crippen LogP contribution >= 0.6 is 11.8 Å². The number of ether oxygens (including phenoxy) is 2. The number of aryl methyl sites for hydroxylation is 1. The Balaban J connectivity index is 1.45. The van der Waals surface area contributed by atoms with E-state index in [0.29, 0.717) is 17.4 Å². The summed E-state index contributed by atoms with van der Waals surface area (Å²) in [6.07, 6.45) is 2.15. The molecule has 1 N–H and O–H groups in total. The molecule has 2 aromatic carbocycles. The summed E-state index contributed by atoms with van der Waals surface area (Å²) in [5.41, 5.74) is 2.79. The minimum absolute atomic E-state index is 0.00713. The number of aromatic nitrogens is 1. The molecule has 1 aromatic heterocycles. The van der Waals surface area contributed by atoms with E-state index in [1.165, 1.54) is 11.8 Å².